The van der Waals surface area contributed by atoms with E-state index in [1.807, 2.05) is 5.32 Å². The minimum absolute atomic E-state index is 0.134. The molecule has 0 fully saturated rings. The van der Waals surface area contributed by atoms with Crippen LogP contribution in [0.2, 0.25) is 0 Å². The molecular formula is C9H17F3N2O2. The molecule has 0 aromatic heterocycles. The molecule has 0 bridgehead atoms. The number of hydrogen-bond donors (Lipinski definition) is 2. The second-order valence-electron chi connectivity index (χ2n) is 3.36. The number of carbonyl (C=O) groups excluding carboxylic acids is 1. The molecule has 0 spiro atoms. The number of likely N-dealkylation sites (N-methyl/N-ethyl adjacent to an activating group) is 1. The lowest BCUT2D eigenvalue weighted by molar-refractivity contribution is -0.141. The molecule has 7 heteroatoms. The molecule has 16 heavy (non-hydrogen) atoms. The Morgan fingerprint density at radius 2 is 2.06 bits per heavy atom. The third-order valence-electron chi connectivity index (χ3n) is 2.18. The molecule has 96 valence electrons. The third-order valence-corrected chi connectivity index (χ3v) is 2.18. The Bertz CT molecular complexity index is 221. The number of carbonyl (C=O) groups is 1. The molecule has 0 aliphatic heterocycles. The van der Waals surface area contributed by atoms with Crippen LogP contribution in [-0.2, 0) is 4.79 Å². The molecule has 4 nitrogen and oxygen atoms in total. The van der Waals surface area contributed by atoms with Crippen molar-refractivity contribution in [3.05, 3.63) is 0 Å². The number of alkyl halides is 3. The maximum atomic E-state index is 11.8. The van der Waals surface area contributed by atoms with Crippen LogP contribution in [0.25, 0.3) is 0 Å². The Balaban J connectivity index is 4.15. The highest BCUT2D eigenvalue weighted by atomic mass is 19.4. The van der Waals surface area contributed by atoms with E-state index >= 15 is 0 Å². The van der Waals surface area contributed by atoms with E-state index in [4.69, 9.17) is 5.11 Å². The highest BCUT2D eigenvalue weighted by Crippen LogP contribution is 2.12. The average Bonchev–Trinajstić information content (AvgIpc) is 2.20. The van der Waals surface area contributed by atoms with Crippen LogP contribution in [-0.4, -0.2) is 54.4 Å². The molecule has 1 unspecified atom stereocenters. The van der Waals surface area contributed by atoms with Gasteiger partial charge < -0.3 is 10.4 Å². The SMILES string of the molecule is CCN(CCO)C(C)C(=O)NCC(F)(F)F. The summed E-state index contributed by atoms with van der Waals surface area (Å²) in [4.78, 5) is 12.9. The van der Waals surface area contributed by atoms with Gasteiger partial charge in [-0.15, -0.1) is 0 Å². The third kappa shape index (κ3) is 5.92. The first-order chi connectivity index (χ1) is 7.31. The first-order valence-corrected chi connectivity index (χ1v) is 5.01. The van der Waals surface area contributed by atoms with E-state index in [9.17, 15) is 18.0 Å². The van der Waals surface area contributed by atoms with E-state index in [2.05, 4.69) is 0 Å². The summed E-state index contributed by atoms with van der Waals surface area (Å²) in [7, 11) is 0. The van der Waals surface area contributed by atoms with Crippen LogP contribution in [0.1, 0.15) is 13.8 Å². The van der Waals surface area contributed by atoms with Crippen LogP contribution in [0.4, 0.5) is 13.2 Å². The summed E-state index contributed by atoms with van der Waals surface area (Å²) in [5, 5.41) is 10.5. The summed E-state index contributed by atoms with van der Waals surface area (Å²) in [6.45, 7) is 2.56. The van der Waals surface area contributed by atoms with Gasteiger partial charge in [-0.1, -0.05) is 6.92 Å². The number of halogens is 3. The summed E-state index contributed by atoms with van der Waals surface area (Å²) in [5.41, 5.74) is 0. The minimum atomic E-state index is -4.40. The van der Waals surface area contributed by atoms with E-state index in [0.717, 1.165) is 0 Å². The zero-order valence-electron chi connectivity index (χ0n) is 9.34. The van der Waals surface area contributed by atoms with Crippen molar-refractivity contribution in [3.63, 3.8) is 0 Å². The van der Waals surface area contributed by atoms with Gasteiger partial charge in [-0.3, -0.25) is 9.69 Å². The fourth-order valence-corrected chi connectivity index (χ4v) is 1.25. The maximum Gasteiger partial charge on any atom is 0.405 e. The van der Waals surface area contributed by atoms with Crippen molar-refractivity contribution in [1.82, 2.24) is 10.2 Å². The van der Waals surface area contributed by atoms with Crippen molar-refractivity contribution in [1.29, 1.82) is 0 Å². The summed E-state index contributed by atoms with van der Waals surface area (Å²) in [5.74, 6) is -0.687. The summed E-state index contributed by atoms with van der Waals surface area (Å²) in [6.07, 6.45) is -4.40. The van der Waals surface area contributed by atoms with E-state index in [-0.39, 0.29) is 13.2 Å². The van der Waals surface area contributed by atoms with E-state index in [1.165, 1.54) is 6.92 Å². The normalized spacial score (nSPS) is 13.9. The lowest BCUT2D eigenvalue weighted by Crippen LogP contribution is -2.48. The summed E-state index contributed by atoms with van der Waals surface area (Å²) >= 11 is 0. The Hall–Kier alpha value is -0.820. The second-order valence-corrected chi connectivity index (χ2v) is 3.36. The predicted octanol–water partition coefficient (Wildman–Crippen LogP) is 0.368. The highest BCUT2D eigenvalue weighted by molar-refractivity contribution is 5.81. The molecule has 0 aliphatic rings. The molecule has 0 heterocycles. The van der Waals surface area contributed by atoms with Crippen LogP contribution in [0.3, 0.4) is 0 Å². The van der Waals surface area contributed by atoms with Crippen LogP contribution < -0.4 is 5.32 Å². The van der Waals surface area contributed by atoms with Gasteiger partial charge in [0.25, 0.3) is 0 Å². The molecule has 0 aliphatic carbocycles. The quantitative estimate of drug-likeness (QED) is 0.707. The van der Waals surface area contributed by atoms with Crippen molar-refractivity contribution in [2.24, 2.45) is 0 Å². The lowest BCUT2D eigenvalue weighted by Gasteiger charge is -2.26. The zero-order valence-corrected chi connectivity index (χ0v) is 9.34. The first-order valence-electron chi connectivity index (χ1n) is 5.01. The van der Waals surface area contributed by atoms with E-state index in [0.29, 0.717) is 6.54 Å². The fourth-order valence-electron chi connectivity index (χ4n) is 1.25. The molecule has 0 rings (SSSR count). The van der Waals surface area contributed by atoms with Gasteiger partial charge in [-0.25, -0.2) is 0 Å². The van der Waals surface area contributed by atoms with Gasteiger partial charge in [0.15, 0.2) is 0 Å². The smallest absolute Gasteiger partial charge is 0.395 e. The van der Waals surface area contributed by atoms with Crippen LogP contribution in [0.5, 0.6) is 0 Å². The van der Waals surface area contributed by atoms with Gasteiger partial charge in [-0.05, 0) is 13.5 Å². The molecule has 0 saturated carbocycles. The fraction of sp³-hybridized carbons (Fsp3) is 0.889. The van der Waals surface area contributed by atoms with E-state index in [1.54, 1.807) is 11.8 Å². The summed E-state index contributed by atoms with van der Waals surface area (Å²) in [6, 6.07) is -0.681. The molecule has 0 aromatic rings. The maximum absolute atomic E-state index is 11.8. The number of rotatable bonds is 6. The van der Waals surface area contributed by atoms with Crippen LogP contribution >= 0.6 is 0 Å². The lowest BCUT2D eigenvalue weighted by atomic mass is 10.2. The molecule has 1 atom stereocenters. The topological polar surface area (TPSA) is 52.6 Å². The molecule has 2 N–H and O–H groups in total. The second kappa shape index (κ2) is 6.70. The van der Waals surface area contributed by atoms with Gasteiger partial charge in [0.1, 0.15) is 6.54 Å². The van der Waals surface area contributed by atoms with Crippen molar-refractivity contribution in [2.45, 2.75) is 26.1 Å². The van der Waals surface area contributed by atoms with Crippen molar-refractivity contribution in [2.75, 3.05) is 26.2 Å². The minimum Gasteiger partial charge on any atom is -0.395 e. The first kappa shape index (κ1) is 15.2. The molecular weight excluding hydrogens is 225 g/mol. The predicted molar refractivity (Wildman–Crippen MR) is 52.9 cm³/mol. The van der Waals surface area contributed by atoms with Crippen LogP contribution in [0.15, 0.2) is 0 Å². The van der Waals surface area contributed by atoms with Gasteiger partial charge in [0, 0.05) is 6.54 Å². The Labute approximate surface area is 92.4 Å². The van der Waals surface area contributed by atoms with Crippen molar-refractivity contribution >= 4 is 5.91 Å². The molecule has 0 saturated heterocycles. The molecule has 0 radical (unpaired) electrons. The van der Waals surface area contributed by atoms with Crippen molar-refractivity contribution in [3.8, 4) is 0 Å². The summed E-state index contributed by atoms with van der Waals surface area (Å²) < 4.78 is 35.5. The van der Waals surface area contributed by atoms with E-state index < -0.39 is 24.7 Å². The van der Waals surface area contributed by atoms with Crippen molar-refractivity contribution < 1.29 is 23.1 Å². The Morgan fingerprint density at radius 3 is 2.44 bits per heavy atom. The number of hydrogen-bond acceptors (Lipinski definition) is 3. The van der Waals surface area contributed by atoms with Gasteiger partial charge in [0.2, 0.25) is 5.91 Å². The van der Waals surface area contributed by atoms with Gasteiger partial charge >= 0.3 is 6.18 Å². The number of nitrogens with zero attached hydrogens (tertiary/aromatic N) is 1. The van der Waals surface area contributed by atoms with Gasteiger partial charge in [0.05, 0.1) is 12.6 Å². The van der Waals surface area contributed by atoms with Crippen LogP contribution in [0, 0.1) is 0 Å². The monoisotopic (exact) mass is 242 g/mol. The van der Waals surface area contributed by atoms with Gasteiger partial charge in [-0.2, -0.15) is 13.2 Å². The average molecular weight is 242 g/mol. The molecule has 0 aromatic carbocycles. The highest BCUT2D eigenvalue weighted by Gasteiger charge is 2.29. The number of aliphatic hydroxyl groups is 1. The largest absolute Gasteiger partial charge is 0.405 e. The Kier molecular flexibility index (Phi) is 6.35. The number of nitrogens with one attached hydrogen (secondary N) is 1. The standard InChI is InChI=1S/C9H17F3N2O2/c1-3-14(4-5-15)7(2)8(16)13-6-9(10,11)12/h7,15H,3-6H2,1-2H3,(H,13,16). The molecule has 1 amide bonds. The zero-order chi connectivity index (χ0) is 12.8. The number of aliphatic hydroxyl groups excluding tert-OH is 1. The number of amides is 1. The Morgan fingerprint density at radius 1 is 1.50 bits per heavy atom.